The molecule has 0 spiro atoms. The van der Waals surface area contributed by atoms with Crippen molar-refractivity contribution in [2.75, 3.05) is 6.54 Å². The number of nitrogens with zero attached hydrogens (tertiary/aromatic N) is 2. The summed E-state index contributed by atoms with van der Waals surface area (Å²) in [7, 11) is 0. The Hall–Kier alpha value is -0.930. The average molecular weight is 233 g/mol. The van der Waals surface area contributed by atoms with E-state index in [1.807, 2.05) is 12.4 Å². The Morgan fingerprint density at radius 3 is 2.47 bits per heavy atom. The van der Waals surface area contributed by atoms with Gasteiger partial charge in [-0.3, -0.25) is 9.88 Å². The van der Waals surface area contributed by atoms with Crippen LogP contribution in [0, 0.1) is 5.92 Å². The van der Waals surface area contributed by atoms with Crippen LogP contribution in [0.25, 0.3) is 0 Å². The van der Waals surface area contributed by atoms with E-state index < -0.39 is 0 Å². The van der Waals surface area contributed by atoms with Crippen molar-refractivity contribution >= 4 is 0 Å². The molecular weight excluding hydrogens is 210 g/mol. The number of nitrogens with two attached hydrogens (primary N) is 1. The highest BCUT2D eigenvalue weighted by molar-refractivity contribution is 5.18. The summed E-state index contributed by atoms with van der Waals surface area (Å²) < 4.78 is 0. The molecule has 0 amide bonds. The Morgan fingerprint density at radius 2 is 2.00 bits per heavy atom. The Balaban J connectivity index is 2.24. The van der Waals surface area contributed by atoms with Crippen LogP contribution in [0.5, 0.6) is 0 Å². The van der Waals surface area contributed by atoms with Gasteiger partial charge in [0.15, 0.2) is 0 Å². The van der Waals surface area contributed by atoms with Gasteiger partial charge in [-0.15, -0.1) is 0 Å². The molecule has 1 aliphatic heterocycles. The fraction of sp³-hybridized carbons (Fsp3) is 0.643. The number of rotatable bonds is 3. The van der Waals surface area contributed by atoms with Crippen molar-refractivity contribution in [2.24, 2.45) is 11.7 Å². The van der Waals surface area contributed by atoms with Gasteiger partial charge >= 0.3 is 0 Å². The molecule has 2 N–H and O–H groups in total. The third kappa shape index (κ3) is 2.67. The molecule has 3 nitrogen and oxygen atoms in total. The highest BCUT2D eigenvalue weighted by Gasteiger charge is 2.34. The van der Waals surface area contributed by atoms with Crippen molar-refractivity contribution in [3.8, 4) is 0 Å². The van der Waals surface area contributed by atoms with E-state index in [4.69, 9.17) is 5.73 Å². The Labute approximate surface area is 104 Å². The number of aromatic nitrogens is 1. The van der Waals surface area contributed by atoms with Gasteiger partial charge in [-0.1, -0.05) is 6.92 Å². The van der Waals surface area contributed by atoms with Crippen LogP contribution in [0.2, 0.25) is 0 Å². The molecule has 1 aromatic heterocycles. The zero-order valence-corrected chi connectivity index (χ0v) is 11.0. The molecule has 3 heteroatoms. The summed E-state index contributed by atoms with van der Waals surface area (Å²) in [6.45, 7) is 7.87. The summed E-state index contributed by atoms with van der Waals surface area (Å²) in [5.41, 5.74) is 7.48. The second kappa shape index (κ2) is 5.15. The summed E-state index contributed by atoms with van der Waals surface area (Å²) in [6.07, 6.45) is 4.98. The van der Waals surface area contributed by atoms with Crippen molar-refractivity contribution in [2.45, 2.75) is 45.3 Å². The van der Waals surface area contributed by atoms with Crippen molar-refractivity contribution in [3.05, 3.63) is 30.1 Å². The zero-order valence-electron chi connectivity index (χ0n) is 11.0. The minimum absolute atomic E-state index is 0.144. The van der Waals surface area contributed by atoms with Gasteiger partial charge < -0.3 is 5.73 Å². The van der Waals surface area contributed by atoms with Crippen molar-refractivity contribution in [1.82, 2.24) is 9.88 Å². The van der Waals surface area contributed by atoms with E-state index in [0.29, 0.717) is 12.1 Å². The van der Waals surface area contributed by atoms with Gasteiger partial charge in [-0.25, -0.2) is 0 Å². The van der Waals surface area contributed by atoms with E-state index in [1.165, 1.54) is 12.0 Å². The first-order valence-electron chi connectivity index (χ1n) is 6.51. The molecule has 2 rings (SSSR count). The molecule has 1 fully saturated rings. The van der Waals surface area contributed by atoms with Crippen LogP contribution in [0.4, 0.5) is 0 Å². The third-order valence-electron chi connectivity index (χ3n) is 3.74. The summed E-state index contributed by atoms with van der Waals surface area (Å²) >= 11 is 0. The smallest absolute Gasteiger partial charge is 0.0500 e. The van der Waals surface area contributed by atoms with Crippen molar-refractivity contribution < 1.29 is 0 Å². The maximum atomic E-state index is 6.19. The van der Waals surface area contributed by atoms with Gasteiger partial charge in [-0.05, 0) is 43.9 Å². The number of hydrogen-bond donors (Lipinski definition) is 1. The highest BCUT2D eigenvalue weighted by atomic mass is 15.2. The van der Waals surface area contributed by atoms with Crippen molar-refractivity contribution in [3.63, 3.8) is 0 Å². The molecule has 94 valence electrons. The van der Waals surface area contributed by atoms with E-state index in [9.17, 15) is 0 Å². The normalized spacial score (nSPS) is 29.2. The first-order valence-corrected chi connectivity index (χ1v) is 6.51. The minimum atomic E-state index is 0.144. The number of pyridine rings is 1. The predicted molar refractivity (Wildman–Crippen MR) is 70.6 cm³/mol. The van der Waals surface area contributed by atoms with E-state index in [-0.39, 0.29) is 6.04 Å². The summed E-state index contributed by atoms with van der Waals surface area (Å²) in [6, 6.07) is 5.25. The molecule has 1 aromatic rings. The molecule has 2 heterocycles. The lowest BCUT2D eigenvalue weighted by atomic mass is 10.00. The average Bonchev–Trinajstić information content (AvgIpc) is 2.59. The highest BCUT2D eigenvalue weighted by Crippen LogP contribution is 2.33. The lowest BCUT2D eigenvalue weighted by molar-refractivity contribution is 0.167. The fourth-order valence-electron chi connectivity index (χ4n) is 3.08. The Bertz CT molecular complexity index is 350. The van der Waals surface area contributed by atoms with Crippen LogP contribution < -0.4 is 5.73 Å². The molecule has 0 radical (unpaired) electrons. The minimum Gasteiger partial charge on any atom is -0.326 e. The molecule has 17 heavy (non-hydrogen) atoms. The monoisotopic (exact) mass is 233 g/mol. The van der Waals surface area contributed by atoms with E-state index >= 15 is 0 Å². The van der Waals surface area contributed by atoms with Crippen LogP contribution in [0.1, 0.15) is 38.8 Å². The topological polar surface area (TPSA) is 42.2 Å². The lowest BCUT2D eigenvalue weighted by Crippen LogP contribution is -2.41. The van der Waals surface area contributed by atoms with Crippen LogP contribution in [-0.4, -0.2) is 28.5 Å². The molecule has 1 aliphatic rings. The van der Waals surface area contributed by atoms with Crippen LogP contribution in [0.15, 0.2) is 24.5 Å². The summed E-state index contributed by atoms with van der Waals surface area (Å²) in [4.78, 5) is 6.63. The van der Waals surface area contributed by atoms with Crippen LogP contribution >= 0.6 is 0 Å². The molecular formula is C14H23N3. The SMILES string of the molecule is CC1CC(C)N(C(c2ccncc2)C(C)N)C1. The quantitative estimate of drug-likeness (QED) is 0.870. The zero-order chi connectivity index (χ0) is 12.4. The second-order valence-corrected chi connectivity index (χ2v) is 5.47. The number of likely N-dealkylation sites (tertiary alicyclic amines) is 1. The Morgan fingerprint density at radius 1 is 1.35 bits per heavy atom. The largest absolute Gasteiger partial charge is 0.326 e. The molecule has 0 aromatic carbocycles. The Kier molecular flexibility index (Phi) is 3.79. The van der Waals surface area contributed by atoms with E-state index in [1.54, 1.807) is 0 Å². The molecule has 0 aliphatic carbocycles. The first kappa shape index (κ1) is 12.5. The van der Waals surface area contributed by atoms with Gasteiger partial charge in [0.25, 0.3) is 0 Å². The molecule has 4 atom stereocenters. The predicted octanol–water partition coefficient (Wildman–Crippen LogP) is 2.20. The molecule has 1 saturated heterocycles. The van der Waals surface area contributed by atoms with E-state index in [0.717, 1.165) is 12.5 Å². The van der Waals surface area contributed by atoms with Gasteiger partial charge in [0.1, 0.15) is 0 Å². The maximum Gasteiger partial charge on any atom is 0.0500 e. The van der Waals surface area contributed by atoms with Crippen molar-refractivity contribution in [1.29, 1.82) is 0 Å². The van der Waals surface area contributed by atoms with Crippen LogP contribution in [-0.2, 0) is 0 Å². The second-order valence-electron chi connectivity index (χ2n) is 5.47. The van der Waals surface area contributed by atoms with Gasteiger partial charge in [0.05, 0.1) is 6.04 Å². The standard InChI is InChI=1S/C14H23N3/c1-10-8-11(2)17(9-10)14(12(3)15)13-4-6-16-7-5-13/h4-7,10-12,14H,8-9,15H2,1-3H3. The maximum absolute atomic E-state index is 6.19. The van der Waals surface area contributed by atoms with E-state index in [2.05, 4.69) is 42.8 Å². The van der Waals surface area contributed by atoms with Gasteiger partial charge in [0.2, 0.25) is 0 Å². The third-order valence-corrected chi connectivity index (χ3v) is 3.74. The molecule has 4 unspecified atom stereocenters. The summed E-state index contributed by atoms with van der Waals surface area (Å²) in [5, 5.41) is 0. The molecule has 0 saturated carbocycles. The number of hydrogen-bond acceptors (Lipinski definition) is 3. The van der Waals surface area contributed by atoms with Gasteiger partial charge in [-0.2, -0.15) is 0 Å². The lowest BCUT2D eigenvalue weighted by Gasteiger charge is -2.34. The van der Waals surface area contributed by atoms with Crippen LogP contribution in [0.3, 0.4) is 0 Å². The fourth-order valence-corrected chi connectivity index (χ4v) is 3.08. The summed E-state index contributed by atoms with van der Waals surface area (Å²) in [5.74, 6) is 0.771. The van der Waals surface area contributed by atoms with Gasteiger partial charge in [0, 0.05) is 31.0 Å². The molecule has 0 bridgehead atoms. The first-order chi connectivity index (χ1) is 8.09.